The summed E-state index contributed by atoms with van der Waals surface area (Å²) in [5, 5.41) is 2.81. The molecular formula is C22H19NO9. The zero-order valence-electron chi connectivity index (χ0n) is 17.4. The predicted molar refractivity (Wildman–Crippen MR) is 108 cm³/mol. The summed E-state index contributed by atoms with van der Waals surface area (Å²) in [4.78, 5) is 36.3. The van der Waals surface area contributed by atoms with E-state index < -0.39 is 23.7 Å². The van der Waals surface area contributed by atoms with Gasteiger partial charge in [-0.1, -0.05) is 0 Å². The summed E-state index contributed by atoms with van der Waals surface area (Å²) in [6.45, 7) is 3.02. The van der Waals surface area contributed by atoms with Crippen molar-refractivity contribution in [3.8, 4) is 23.0 Å². The number of hydrogen-bond donors (Lipinski definition) is 1. The largest absolute Gasteiger partial charge is 0.465 e. The van der Waals surface area contributed by atoms with Crippen LogP contribution in [0.2, 0.25) is 0 Å². The third kappa shape index (κ3) is 4.29. The zero-order chi connectivity index (χ0) is 22.9. The molecule has 10 heteroatoms. The molecule has 0 aliphatic carbocycles. The Morgan fingerprint density at radius 1 is 1.03 bits per heavy atom. The van der Waals surface area contributed by atoms with Crippen LogP contribution in [0.25, 0.3) is 0 Å². The minimum Gasteiger partial charge on any atom is -0.465 e. The first-order chi connectivity index (χ1) is 15.3. The number of esters is 3. The smallest absolute Gasteiger partial charge is 0.350 e. The van der Waals surface area contributed by atoms with Gasteiger partial charge in [-0.2, -0.15) is 0 Å². The fourth-order valence-electron chi connectivity index (χ4n) is 2.97. The summed E-state index contributed by atoms with van der Waals surface area (Å²) >= 11 is 0. The van der Waals surface area contributed by atoms with E-state index in [0.717, 1.165) is 6.20 Å². The number of rotatable bonds is 5. The lowest BCUT2D eigenvalue weighted by Gasteiger charge is -2.29. The van der Waals surface area contributed by atoms with E-state index in [1.165, 1.54) is 39.2 Å². The third-order valence-corrected chi connectivity index (χ3v) is 4.46. The maximum atomic E-state index is 12.2. The summed E-state index contributed by atoms with van der Waals surface area (Å²) in [6.07, 6.45) is 1.13. The molecule has 0 saturated carbocycles. The quantitative estimate of drug-likeness (QED) is 0.421. The molecule has 1 N–H and O–H groups in total. The van der Waals surface area contributed by atoms with Gasteiger partial charge in [-0.05, 0) is 30.3 Å². The molecule has 1 fully saturated rings. The van der Waals surface area contributed by atoms with Crippen LogP contribution in [-0.4, -0.2) is 37.6 Å². The number of anilines is 1. The van der Waals surface area contributed by atoms with Gasteiger partial charge in [0, 0.05) is 26.1 Å². The van der Waals surface area contributed by atoms with Gasteiger partial charge in [0.05, 0.1) is 18.4 Å². The van der Waals surface area contributed by atoms with Crippen molar-refractivity contribution in [1.29, 1.82) is 0 Å². The third-order valence-electron chi connectivity index (χ3n) is 4.46. The van der Waals surface area contributed by atoms with Gasteiger partial charge in [0.25, 0.3) is 5.79 Å². The Kier molecular flexibility index (Phi) is 5.35. The van der Waals surface area contributed by atoms with Crippen molar-refractivity contribution < 1.29 is 42.8 Å². The van der Waals surface area contributed by atoms with Crippen molar-refractivity contribution in [1.82, 2.24) is 0 Å². The Morgan fingerprint density at radius 2 is 1.75 bits per heavy atom. The van der Waals surface area contributed by atoms with Gasteiger partial charge in [0.2, 0.25) is 6.79 Å². The topological polar surface area (TPSA) is 119 Å². The summed E-state index contributed by atoms with van der Waals surface area (Å²) in [6, 6.07) is 9.54. The number of methoxy groups -OCH3 is 1. The normalized spacial score (nSPS) is 16.0. The SMILES string of the molecule is COC(=O)c1ccc(Oc2ccc3c(c2)OCO3)c(NC=C2C(=O)OC(C)(C)OC2=O)c1. The van der Waals surface area contributed by atoms with Crippen molar-refractivity contribution >= 4 is 23.6 Å². The van der Waals surface area contributed by atoms with Crippen LogP contribution in [-0.2, 0) is 23.8 Å². The number of ether oxygens (including phenoxy) is 6. The molecule has 2 aromatic carbocycles. The molecule has 0 unspecified atom stereocenters. The standard InChI is InChI=1S/C22H19NO9/c1-22(2)31-20(25)14(21(26)32-22)10-23-15-8-12(19(24)27-3)4-6-16(15)30-13-5-7-17-18(9-13)29-11-28-17/h4-10,23H,11H2,1-3H3. The van der Waals surface area contributed by atoms with E-state index in [4.69, 9.17) is 28.4 Å². The highest BCUT2D eigenvalue weighted by molar-refractivity contribution is 6.15. The molecule has 0 aromatic heterocycles. The van der Waals surface area contributed by atoms with Crippen molar-refractivity contribution in [3.63, 3.8) is 0 Å². The molecule has 4 rings (SSSR count). The van der Waals surface area contributed by atoms with E-state index in [1.54, 1.807) is 18.2 Å². The summed E-state index contributed by atoms with van der Waals surface area (Å²) < 4.78 is 31.4. The lowest BCUT2D eigenvalue weighted by atomic mass is 10.1. The second-order valence-electron chi connectivity index (χ2n) is 7.20. The lowest BCUT2D eigenvalue weighted by Crippen LogP contribution is -2.42. The van der Waals surface area contributed by atoms with E-state index in [-0.39, 0.29) is 23.6 Å². The van der Waals surface area contributed by atoms with E-state index >= 15 is 0 Å². The lowest BCUT2D eigenvalue weighted by molar-refractivity contribution is -0.222. The number of fused-ring (bicyclic) bond motifs is 1. The highest BCUT2D eigenvalue weighted by Crippen LogP contribution is 2.38. The maximum Gasteiger partial charge on any atom is 0.350 e. The van der Waals surface area contributed by atoms with Crippen LogP contribution >= 0.6 is 0 Å². The van der Waals surface area contributed by atoms with Crippen LogP contribution in [0.1, 0.15) is 24.2 Å². The van der Waals surface area contributed by atoms with Crippen molar-refractivity contribution in [2.75, 3.05) is 19.2 Å². The van der Waals surface area contributed by atoms with Crippen molar-refractivity contribution in [2.45, 2.75) is 19.6 Å². The Hall–Kier alpha value is -4.21. The molecule has 0 bridgehead atoms. The van der Waals surface area contributed by atoms with Crippen molar-refractivity contribution in [3.05, 3.63) is 53.7 Å². The van der Waals surface area contributed by atoms with Gasteiger partial charge in [-0.25, -0.2) is 14.4 Å². The molecule has 166 valence electrons. The average molecular weight is 441 g/mol. The van der Waals surface area contributed by atoms with Crippen LogP contribution in [0.4, 0.5) is 5.69 Å². The molecule has 0 amide bonds. The summed E-state index contributed by atoms with van der Waals surface area (Å²) in [7, 11) is 1.25. The van der Waals surface area contributed by atoms with Gasteiger partial charge in [0.1, 0.15) is 5.75 Å². The molecule has 1 saturated heterocycles. The van der Waals surface area contributed by atoms with Crippen LogP contribution < -0.4 is 19.5 Å². The van der Waals surface area contributed by atoms with Gasteiger partial charge in [0.15, 0.2) is 22.8 Å². The van der Waals surface area contributed by atoms with E-state index in [0.29, 0.717) is 23.0 Å². The molecule has 0 atom stereocenters. The van der Waals surface area contributed by atoms with Crippen LogP contribution in [0.15, 0.2) is 48.2 Å². The molecule has 10 nitrogen and oxygen atoms in total. The van der Waals surface area contributed by atoms with E-state index in [1.807, 2.05) is 0 Å². The predicted octanol–water partition coefficient (Wildman–Crippen LogP) is 3.13. The van der Waals surface area contributed by atoms with Gasteiger partial charge >= 0.3 is 17.9 Å². The first-order valence-corrected chi connectivity index (χ1v) is 9.49. The van der Waals surface area contributed by atoms with Gasteiger partial charge in [-0.3, -0.25) is 0 Å². The zero-order valence-corrected chi connectivity index (χ0v) is 17.4. The molecule has 2 aromatic rings. The molecule has 2 aliphatic rings. The first-order valence-electron chi connectivity index (χ1n) is 9.49. The summed E-state index contributed by atoms with van der Waals surface area (Å²) in [5.74, 6) is -1.76. The Balaban J connectivity index is 1.64. The fraction of sp³-hybridized carbons (Fsp3) is 0.227. The van der Waals surface area contributed by atoms with Crippen LogP contribution in [0, 0.1) is 0 Å². The minimum atomic E-state index is -1.36. The molecule has 0 radical (unpaired) electrons. The minimum absolute atomic E-state index is 0.121. The highest BCUT2D eigenvalue weighted by Gasteiger charge is 2.39. The molecule has 2 aliphatic heterocycles. The molecule has 2 heterocycles. The number of cyclic esters (lactones) is 2. The number of benzene rings is 2. The second-order valence-corrected chi connectivity index (χ2v) is 7.20. The Bertz CT molecular complexity index is 1110. The molecule has 32 heavy (non-hydrogen) atoms. The van der Waals surface area contributed by atoms with Crippen LogP contribution in [0.3, 0.4) is 0 Å². The van der Waals surface area contributed by atoms with E-state index in [9.17, 15) is 14.4 Å². The second kappa shape index (κ2) is 8.14. The molecular weight excluding hydrogens is 422 g/mol. The number of hydrogen-bond acceptors (Lipinski definition) is 10. The van der Waals surface area contributed by atoms with Gasteiger partial charge in [-0.15, -0.1) is 0 Å². The highest BCUT2D eigenvalue weighted by atomic mass is 16.7. The van der Waals surface area contributed by atoms with Crippen LogP contribution in [0.5, 0.6) is 23.0 Å². The number of nitrogens with one attached hydrogen (secondary N) is 1. The fourth-order valence-corrected chi connectivity index (χ4v) is 2.97. The number of carbonyl (C=O) groups is 3. The average Bonchev–Trinajstić information content (AvgIpc) is 3.20. The monoisotopic (exact) mass is 441 g/mol. The van der Waals surface area contributed by atoms with Crippen molar-refractivity contribution in [2.24, 2.45) is 0 Å². The Morgan fingerprint density at radius 3 is 2.47 bits per heavy atom. The number of carbonyl (C=O) groups excluding carboxylic acids is 3. The van der Waals surface area contributed by atoms with E-state index in [2.05, 4.69) is 5.32 Å². The maximum absolute atomic E-state index is 12.2. The summed E-state index contributed by atoms with van der Waals surface area (Å²) in [5.41, 5.74) is 0.159. The van der Waals surface area contributed by atoms with Gasteiger partial charge < -0.3 is 33.7 Å². The Labute approximate surface area is 182 Å². The first kappa shape index (κ1) is 21.0. The molecule has 0 spiro atoms.